The molecule has 0 bridgehead atoms. The minimum absolute atomic E-state index is 0.292. The zero-order valence-corrected chi connectivity index (χ0v) is 10.4. The third-order valence-electron chi connectivity index (χ3n) is 2.81. The molecule has 2 atom stereocenters. The highest BCUT2D eigenvalue weighted by Crippen LogP contribution is 2.23. The maximum Gasteiger partial charge on any atom is 0.138 e. The van der Waals surface area contributed by atoms with Gasteiger partial charge in [-0.1, -0.05) is 16.1 Å². The first-order valence-electron chi connectivity index (χ1n) is 4.97. The van der Waals surface area contributed by atoms with Crippen molar-refractivity contribution in [2.24, 2.45) is 0 Å². The summed E-state index contributed by atoms with van der Waals surface area (Å²) in [7, 11) is 2.07. The van der Waals surface area contributed by atoms with E-state index >= 15 is 0 Å². The molecule has 15 heavy (non-hydrogen) atoms. The van der Waals surface area contributed by atoms with Gasteiger partial charge in [0, 0.05) is 30.7 Å². The summed E-state index contributed by atoms with van der Waals surface area (Å²) >= 11 is 7.20. The van der Waals surface area contributed by atoms with Gasteiger partial charge < -0.3 is 4.74 Å². The van der Waals surface area contributed by atoms with Crippen LogP contribution in [0.5, 0.6) is 0 Å². The fourth-order valence-electron chi connectivity index (χ4n) is 1.94. The van der Waals surface area contributed by atoms with Crippen LogP contribution in [-0.2, 0) is 11.3 Å². The van der Waals surface area contributed by atoms with Crippen LogP contribution in [0.4, 0.5) is 0 Å². The Bertz CT molecular complexity index is 333. The average Bonchev–Trinajstić information content (AvgIpc) is 2.76. The molecule has 1 aliphatic heterocycles. The lowest BCUT2D eigenvalue weighted by molar-refractivity contribution is 0.0810. The minimum atomic E-state index is 0.292. The second kappa shape index (κ2) is 4.74. The van der Waals surface area contributed by atoms with Crippen molar-refractivity contribution in [1.29, 1.82) is 0 Å². The van der Waals surface area contributed by atoms with E-state index in [9.17, 15) is 0 Å². The first-order chi connectivity index (χ1) is 7.18. The number of rotatable bonds is 3. The fourth-order valence-corrected chi connectivity index (χ4v) is 2.56. The third-order valence-corrected chi connectivity index (χ3v) is 3.80. The van der Waals surface area contributed by atoms with E-state index in [-0.39, 0.29) is 0 Å². The quantitative estimate of drug-likeness (QED) is 0.817. The van der Waals surface area contributed by atoms with Crippen LogP contribution in [-0.4, -0.2) is 40.3 Å². The van der Waals surface area contributed by atoms with Crippen LogP contribution in [0, 0.1) is 0 Å². The SMILES string of the molecule is CC1OCCC1N(C)Cc1nnsc1Cl. The van der Waals surface area contributed by atoms with Crippen LogP contribution in [0.3, 0.4) is 0 Å². The molecule has 2 unspecified atom stereocenters. The van der Waals surface area contributed by atoms with E-state index in [1.165, 1.54) is 11.5 Å². The number of nitrogens with zero attached hydrogens (tertiary/aromatic N) is 3. The predicted octanol–water partition coefficient (Wildman–Crippen LogP) is 1.80. The molecule has 84 valence electrons. The summed E-state index contributed by atoms with van der Waals surface area (Å²) < 4.78 is 10.0. The van der Waals surface area contributed by atoms with Gasteiger partial charge in [-0.25, -0.2) is 0 Å². The molecular formula is C9H14ClN3OS. The van der Waals surface area contributed by atoms with Gasteiger partial charge in [0.25, 0.3) is 0 Å². The Hall–Kier alpha value is -0.230. The zero-order chi connectivity index (χ0) is 10.8. The lowest BCUT2D eigenvalue weighted by Gasteiger charge is -2.25. The molecule has 1 saturated heterocycles. The van der Waals surface area contributed by atoms with E-state index in [2.05, 4.69) is 28.5 Å². The second-order valence-electron chi connectivity index (χ2n) is 3.84. The highest BCUT2D eigenvalue weighted by molar-refractivity contribution is 7.10. The van der Waals surface area contributed by atoms with Gasteiger partial charge in [0.2, 0.25) is 0 Å². The topological polar surface area (TPSA) is 38.2 Å². The molecule has 2 heterocycles. The number of halogens is 1. The van der Waals surface area contributed by atoms with Gasteiger partial charge in [-0.15, -0.1) is 5.10 Å². The molecule has 0 spiro atoms. The maximum absolute atomic E-state index is 5.96. The Balaban J connectivity index is 1.97. The molecule has 1 aromatic rings. The number of hydrogen-bond donors (Lipinski definition) is 0. The molecule has 4 nitrogen and oxygen atoms in total. The molecule has 1 fully saturated rings. The number of likely N-dealkylation sites (N-methyl/N-ethyl adjacent to an activating group) is 1. The highest BCUT2D eigenvalue weighted by Gasteiger charge is 2.28. The molecule has 0 amide bonds. The molecular weight excluding hydrogens is 234 g/mol. The smallest absolute Gasteiger partial charge is 0.138 e. The normalized spacial score (nSPS) is 26.4. The Labute approximate surface area is 98.3 Å². The van der Waals surface area contributed by atoms with Gasteiger partial charge >= 0.3 is 0 Å². The first-order valence-corrected chi connectivity index (χ1v) is 6.12. The van der Waals surface area contributed by atoms with E-state index in [4.69, 9.17) is 16.3 Å². The van der Waals surface area contributed by atoms with Crippen molar-refractivity contribution in [2.45, 2.75) is 32.0 Å². The van der Waals surface area contributed by atoms with E-state index in [1.54, 1.807) is 0 Å². The average molecular weight is 248 g/mol. The molecule has 1 aliphatic rings. The van der Waals surface area contributed by atoms with Gasteiger partial charge in [0.1, 0.15) is 10.0 Å². The van der Waals surface area contributed by atoms with Crippen LogP contribution in [0.2, 0.25) is 4.34 Å². The Morgan fingerprint density at radius 3 is 3.00 bits per heavy atom. The molecule has 6 heteroatoms. The van der Waals surface area contributed by atoms with E-state index in [1.807, 2.05) is 0 Å². The first kappa shape index (κ1) is 11.3. The summed E-state index contributed by atoms with van der Waals surface area (Å²) in [5, 5.41) is 4.01. The molecule has 1 aromatic heterocycles. The highest BCUT2D eigenvalue weighted by atomic mass is 35.5. The predicted molar refractivity (Wildman–Crippen MR) is 60.2 cm³/mol. The van der Waals surface area contributed by atoms with Crippen LogP contribution >= 0.6 is 23.1 Å². The number of hydrogen-bond acceptors (Lipinski definition) is 5. The van der Waals surface area contributed by atoms with Crippen molar-refractivity contribution in [1.82, 2.24) is 14.5 Å². The van der Waals surface area contributed by atoms with Crippen LogP contribution in [0.25, 0.3) is 0 Å². The van der Waals surface area contributed by atoms with Crippen molar-refractivity contribution in [3.63, 3.8) is 0 Å². The van der Waals surface area contributed by atoms with Gasteiger partial charge in [0.05, 0.1) is 6.10 Å². The maximum atomic E-state index is 5.96. The molecule has 0 aromatic carbocycles. The van der Waals surface area contributed by atoms with Gasteiger partial charge in [-0.05, 0) is 20.4 Å². The number of aromatic nitrogens is 2. The molecule has 2 rings (SSSR count). The van der Waals surface area contributed by atoms with Crippen molar-refractivity contribution in [2.75, 3.05) is 13.7 Å². The lowest BCUT2D eigenvalue weighted by Crippen LogP contribution is -2.36. The summed E-state index contributed by atoms with van der Waals surface area (Å²) in [6.07, 6.45) is 1.37. The summed E-state index contributed by atoms with van der Waals surface area (Å²) in [5.41, 5.74) is 0.864. The summed E-state index contributed by atoms with van der Waals surface area (Å²) in [6, 6.07) is 0.461. The molecule has 0 radical (unpaired) electrons. The standard InChI is InChI=1S/C9H14ClN3OS/c1-6-8(3-4-14-6)13(2)5-7-9(10)15-12-11-7/h6,8H,3-5H2,1-2H3. The van der Waals surface area contributed by atoms with Gasteiger partial charge in [-0.2, -0.15) is 0 Å². The van der Waals surface area contributed by atoms with Gasteiger partial charge in [0.15, 0.2) is 0 Å². The Morgan fingerprint density at radius 1 is 1.67 bits per heavy atom. The molecule has 0 saturated carbocycles. The van der Waals surface area contributed by atoms with Crippen molar-refractivity contribution < 1.29 is 4.74 Å². The fraction of sp³-hybridized carbons (Fsp3) is 0.778. The Kier molecular flexibility index (Phi) is 3.56. The van der Waals surface area contributed by atoms with Crippen molar-refractivity contribution >= 4 is 23.1 Å². The van der Waals surface area contributed by atoms with Gasteiger partial charge in [-0.3, -0.25) is 4.90 Å². The van der Waals surface area contributed by atoms with Crippen LogP contribution in [0.1, 0.15) is 19.0 Å². The van der Waals surface area contributed by atoms with Crippen LogP contribution in [0.15, 0.2) is 0 Å². The second-order valence-corrected chi connectivity index (χ2v) is 5.20. The van der Waals surface area contributed by atoms with Crippen LogP contribution < -0.4 is 0 Å². The molecule has 0 N–H and O–H groups in total. The number of ether oxygens (including phenoxy) is 1. The monoisotopic (exact) mass is 247 g/mol. The summed E-state index contributed by atoms with van der Waals surface area (Å²) in [5.74, 6) is 0. The Morgan fingerprint density at radius 2 is 2.47 bits per heavy atom. The minimum Gasteiger partial charge on any atom is -0.377 e. The van der Waals surface area contributed by atoms with Crippen molar-refractivity contribution in [3.05, 3.63) is 10.0 Å². The largest absolute Gasteiger partial charge is 0.377 e. The van der Waals surface area contributed by atoms with Crippen molar-refractivity contribution in [3.8, 4) is 0 Å². The summed E-state index contributed by atoms with van der Waals surface area (Å²) in [6.45, 7) is 3.70. The third kappa shape index (κ3) is 2.47. The van der Waals surface area contributed by atoms with E-state index < -0.39 is 0 Å². The van der Waals surface area contributed by atoms with E-state index in [0.29, 0.717) is 16.5 Å². The zero-order valence-electron chi connectivity index (χ0n) is 8.81. The lowest BCUT2D eigenvalue weighted by atomic mass is 10.1. The summed E-state index contributed by atoms with van der Waals surface area (Å²) in [4.78, 5) is 2.24. The molecule has 0 aliphatic carbocycles. The van der Waals surface area contributed by atoms with E-state index in [0.717, 1.165) is 25.3 Å².